The van der Waals surface area contributed by atoms with Crippen LogP contribution in [0.3, 0.4) is 0 Å². The Bertz CT molecular complexity index is 861. The Hall–Kier alpha value is -2.21. The SMILES string of the molecule is CC.O=C(NCc1ccc(F)c(F)c1)c1c[nH]c2cc(Br)ccc12. The predicted octanol–water partition coefficient (Wildman–Crippen LogP) is 5.16. The lowest BCUT2D eigenvalue weighted by Crippen LogP contribution is -2.22. The van der Waals surface area contributed by atoms with Crippen molar-refractivity contribution in [1.82, 2.24) is 10.3 Å². The summed E-state index contributed by atoms with van der Waals surface area (Å²) in [4.78, 5) is 15.2. The van der Waals surface area contributed by atoms with Gasteiger partial charge in [-0.05, 0) is 29.8 Å². The van der Waals surface area contributed by atoms with E-state index in [1.54, 1.807) is 6.20 Å². The van der Waals surface area contributed by atoms with Crippen molar-refractivity contribution in [1.29, 1.82) is 0 Å². The van der Waals surface area contributed by atoms with Crippen LogP contribution in [0.1, 0.15) is 29.8 Å². The molecule has 0 aliphatic carbocycles. The van der Waals surface area contributed by atoms with E-state index in [1.165, 1.54) is 6.07 Å². The van der Waals surface area contributed by atoms with Gasteiger partial charge in [-0.1, -0.05) is 41.9 Å². The fourth-order valence-corrected chi connectivity index (χ4v) is 2.57. The lowest BCUT2D eigenvalue weighted by molar-refractivity contribution is 0.0952. The molecule has 2 aromatic carbocycles. The van der Waals surface area contributed by atoms with Gasteiger partial charge in [-0.3, -0.25) is 4.79 Å². The Morgan fingerprint density at radius 1 is 1.12 bits per heavy atom. The Kier molecular flexibility index (Phi) is 6.09. The normalized spacial score (nSPS) is 10.2. The molecule has 0 bridgehead atoms. The van der Waals surface area contributed by atoms with E-state index in [0.29, 0.717) is 11.1 Å². The number of aromatic amines is 1. The summed E-state index contributed by atoms with van der Waals surface area (Å²) in [6.45, 7) is 4.12. The summed E-state index contributed by atoms with van der Waals surface area (Å²) in [7, 11) is 0. The van der Waals surface area contributed by atoms with Crippen molar-refractivity contribution >= 4 is 32.7 Å². The minimum Gasteiger partial charge on any atom is -0.360 e. The number of hydrogen-bond donors (Lipinski definition) is 2. The molecule has 3 nitrogen and oxygen atoms in total. The first kappa shape index (κ1) is 18.1. The molecular formula is C18H17BrF2N2O. The van der Waals surface area contributed by atoms with E-state index in [4.69, 9.17) is 0 Å². The second-order valence-electron chi connectivity index (χ2n) is 4.82. The number of hydrogen-bond acceptors (Lipinski definition) is 1. The van der Waals surface area contributed by atoms with Gasteiger partial charge in [0.05, 0.1) is 5.56 Å². The molecule has 126 valence electrons. The molecule has 0 aliphatic heterocycles. The molecule has 0 saturated heterocycles. The van der Waals surface area contributed by atoms with Crippen molar-refractivity contribution in [2.75, 3.05) is 0 Å². The molecule has 0 unspecified atom stereocenters. The molecule has 1 amide bonds. The van der Waals surface area contributed by atoms with E-state index in [1.807, 2.05) is 32.0 Å². The number of fused-ring (bicyclic) bond motifs is 1. The first-order valence-electron chi connectivity index (χ1n) is 7.53. The van der Waals surface area contributed by atoms with Crippen LogP contribution in [0.5, 0.6) is 0 Å². The van der Waals surface area contributed by atoms with Gasteiger partial charge in [0.1, 0.15) is 0 Å². The number of carbonyl (C=O) groups is 1. The van der Waals surface area contributed by atoms with Crippen molar-refractivity contribution in [2.24, 2.45) is 0 Å². The van der Waals surface area contributed by atoms with E-state index >= 15 is 0 Å². The van der Waals surface area contributed by atoms with Crippen molar-refractivity contribution in [3.05, 3.63) is 69.8 Å². The summed E-state index contributed by atoms with van der Waals surface area (Å²) in [6, 6.07) is 9.11. The fourth-order valence-electron chi connectivity index (χ4n) is 2.21. The van der Waals surface area contributed by atoms with Gasteiger partial charge in [0.15, 0.2) is 11.6 Å². The summed E-state index contributed by atoms with van der Waals surface area (Å²) in [5.41, 5.74) is 1.84. The van der Waals surface area contributed by atoms with Crippen LogP contribution in [0.2, 0.25) is 0 Å². The molecule has 3 rings (SSSR count). The molecule has 0 atom stereocenters. The maximum atomic E-state index is 13.1. The average molecular weight is 395 g/mol. The standard InChI is InChI=1S/C16H11BrF2N2O.C2H6/c17-10-2-3-11-12(8-20-15(11)6-10)16(22)21-7-9-1-4-13(18)14(19)5-9;1-2/h1-6,8,20H,7H2,(H,21,22);1-2H3. The van der Waals surface area contributed by atoms with Gasteiger partial charge in [-0.25, -0.2) is 8.78 Å². The van der Waals surface area contributed by atoms with E-state index in [2.05, 4.69) is 26.2 Å². The van der Waals surface area contributed by atoms with Crippen molar-refractivity contribution in [3.63, 3.8) is 0 Å². The summed E-state index contributed by atoms with van der Waals surface area (Å²) >= 11 is 3.37. The third kappa shape index (κ3) is 4.00. The number of nitrogens with one attached hydrogen (secondary N) is 2. The lowest BCUT2D eigenvalue weighted by Gasteiger charge is -2.05. The van der Waals surface area contributed by atoms with Gasteiger partial charge in [-0.15, -0.1) is 0 Å². The smallest absolute Gasteiger partial charge is 0.253 e. The summed E-state index contributed by atoms with van der Waals surface area (Å²) in [6.07, 6.45) is 1.62. The quantitative estimate of drug-likeness (QED) is 0.632. The molecule has 0 aliphatic rings. The summed E-state index contributed by atoms with van der Waals surface area (Å²) in [5.74, 6) is -2.11. The predicted molar refractivity (Wildman–Crippen MR) is 94.9 cm³/mol. The molecule has 0 fully saturated rings. The molecular weight excluding hydrogens is 378 g/mol. The van der Waals surface area contributed by atoms with Gasteiger partial charge in [0.25, 0.3) is 5.91 Å². The third-order valence-electron chi connectivity index (χ3n) is 3.33. The minimum absolute atomic E-state index is 0.124. The number of aromatic nitrogens is 1. The van der Waals surface area contributed by atoms with Gasteiger partial charge in [-0.2, -0.15) is 0 Å². The van der Waals surface area contributed by atoms with Crippen LogP contribution >= 0.6 is 15.9 Å². The fraction of sp³-hybridized carbons (Fsp3) is 0.167. The highest BCUT2D eigenvalue weighted by Gasteiger charge is 2.12. The third-order valence-corrected chi connectivity index (χ3v) is 3.82. The maximum Gasteiger partial charge on any atom is 0.253 e. The largest absolute Gasteiger partial charge is 0.360 e. The van der Waals surface area contributed by atoms with Crippen molar-refractivity contribution < 1.29 is 13.6 Å². The first-order valence-corrected chi connectivity index (χ1v) is 8.32. The Balaban J connectivity index is 0.00000100. The second kappa shape index (κ2) is 8.06. The van der Waals surface area contributed by atoms with Crippen molar-refractivity contribution in [3.8, 4) is 0 Å². The van der Waals surface area contributed by atoms with Gasteiger partial charge in [0.2, 0.25) is 0 Å². The van der Waals surface area contributed by atoms with Crippen LogP contribution in [-0.2, 0) is 6.54 Å². The van der Waals surface area contributed by atoms with Gasteiger partial charge >= 0.3 is 0 Å². The number of benzene rings is 2. The van der Waals surface area contributed by atoms with Crippen LogP contribution in [0, 0.1) is 11.6 Å². The maximum absolute atomic E-state index is 13.1. The molecule has 1 heterocycles. The number of rotatable bonds is 3. The zero-order chi connectivity index (χ0) is 17.7. The molecule has 2 N–H and O–H groups in total. The Labute approximate surface area is 147 Å². The first-order chi connectivity index (χ1) is 11.5. The molecule has 1 aromatic heterocycles. The van der Waals surface area contributed by atoms with E-state index in [9.17, 15) is 13.6 Å². The van der Waals surface area contributed by atoms with Crippen LogP contribution in [0.15, 0.2) is 47.1 Å². The van der Waals surface area contributed by atoms with E-state index < -0.39 is 11.6 Å². The Morgan fingerprint density at radius 3 is 2.58 bits per heavy atom. The minimum atomic E-state index is -0.927. The second-order valence-corrected chi connectivity index (χ2v) is 5.74. The highest BCUT2D eigenvalue weighted by Crippen LogP contribution is 2.22. The number of carbonyl (C=O) groups excluding carboxylic acids is 1. The van der Waals surface area contributed by atoms with Crippen LogP contribution in [0.25, 0.3) is 10.9 Å². The van der Waals surface area contributed by atoms with Crippen LogP contribution < -0.4 is 5.32 Å². The topological polar surface area (TPSA) is 44.9 Å². The van der Waals surface area contributed by atoms with Crippen LogP contribution in [-0.4, -0.2) is 10.9 Å². The number of halogens is 3. The van der Waals surface area contributed by atoms with Gasteiger partial charge in [0, 0.05) is 28.1 Å². The van der Waals surface area contributed by atoms with Crippen molar-refractivity contribution in [2.45, 2.75) is 20.4 Å². The number of H-pyrrole nitrogens is 1. The summed E-state index contributed by atoms with van der Waals surface area (Å²) < 4.78 is 26.9. The zero-order valence-corrected chi connectivity index (χ0v) is 14.9. The van der Waals surface area contributed by atoms with Crippen LogP contribution in [0.4, 0.5) is 8.78 Å². The Morgan fingerprint density at radius 2 is 1.88 bits per heavy atom. The average Bonchev–Trinajstić information content (AvgIpc) is 3.00. The molecule has 24 heavy (non-hydrogen) atoms. The number of amides is 1. The molecule has 3 aromatic rings. The summed E-state index contributed by atoms with van der Waals surface area (Å²) in [5, 5.41) is 3.49. The molecule has 0 saturated carbocycles. The highest BCUT2D eigenvalue weighted by molar-refractivity contribution is 9.10. The molecule has 6 heteroatoms. The zero-order valence-electron chi connectivity index (χ0n) is 13.3. The van der Waals surface area contributed by atoms with E-state index in [-0.39, 0.29) is 12.5 Å². The van der Waals surface area contributed by atoms with E-state index in [0.717, 1.165) is 27.5 Å². The highest BCUT2D eigenvalue weighted by atomic mass is 79.9. The molecule has 0 spiro atoms. The lowest BCUT2D eigenvalue weighted by atomic mass is 10.1. The monoisotopic (exact) mass is 394 g/mol. The molecule has 0 radical (unpaired) electrons. The van der Waals surface area contributed by atoms with Gasteiger partial charge < -0.3 is 10.3 Å².